The summed E-state index contributed by atoms with van der Waals surface area (Å²) >= 11 is 0. The average Bonchev–Trinajstić information content (AvgIpc) is 2.95. The smallest absolute Gasteiger partial charge is 0.264 e. The fourth-order valence-corrected chi connectivity index (χ4v) is 6.53. The van der Waals surface area contributed by atoms with Crippen LogP contribution in [0.5, 0.6) is 0 Å². The van der Waals surface area contributed by atoms with Gasteiger partial charge in [0.2, 0.25) is 11.8 Å². The highest BCUT2D eigenvalue weighted by Crippen LogP contribution is 2.25. The van der Waals surface area contributed by atoms with Crippen LogP contribution in [0.2, 0.25) is 0 Å². The Morgan fingerprint density at radius 3 is 2.20 bits per heavy atom. The van der Waals surface area contributed by atoms with Crippen molar-refractivity contribution in [3.05, 3.63) is 95.6 Å². The van der Waals surface area contributed by atoms with E-state index in [2.05, 4.69) is 5.32 Å². The molecule has 7 nitrogen and oxygen atoms in total. The molecule has 3 aromatic rings. The van der Waals surface area contributed by atoms with Gasteiger partial charge in [-0.3, -0.25) is 13.9 Å². The van der Waals surface area contributed by atoms with Gasteiger partial charge in [0.1, 0.15) is 12.6 Å². The van der Waals surface area contributed by atoms with Crippen LogP contribution in [0.1, 0.15) is 55.7 Å². The van der Waals surface area contributed by atoms with Crippen LogP contribution in [-0.4, -0.2) is 43.8 Å². The lowest BCUT2D eigenvalue weighted by Crippen LogP contribution is -2.53. The maximum atomic E-state index is 14.0. The monoisotopic (exact) mass is 561 g/mol. The number of carbonyl (C=O) groups is 2. The van der Waals surface area contributed by atoms with Crippen molar-refractivity contribution in [2.24, 2.45) is 0 Å². The SMILES string of the molecule is Cc1ccc(S(=O)(=O)N(CC(=O)N(Cc2cccc(C)c2)[C@@H](C)C(=O)NC2CCCCC2)c2ccccc2)cc1. The summed E-state index contributed by atoms with van der Waals surface area (Å²) in [7, 11) is -4.06. The lowest BCUT2D eigenvalue weighted by atomic mass is 9.95. The molecule has 1 fully saturated rings. The molecule has 0 unspecified atom stereocenters. The van der Waals surface area contributed by atoms with Crippen LogP contribution in [0.4, 0.5) is 5.69 Å². The number of para-hydroxylation sites is 1. The first kappa shape index (κ1) is 29.3. The predicted molar refractivity (Wildman–Crippen MR) is 158 cm³/mol. The normalized spacial score (nSPS) is 14.8. The van der Waals surface area contributed by atoms with Crippen LogP contribution in [0.3, 0.4) is 0 Å². The van der Waals surface area contributed by atoms with E-state index in [1.807, 2.05) is 38.1 Å². The van der Waals surface area contributed by atoms with Gasteiger partial charge in [0.25, 0.3) is 10.0 Å². The van der Waals surface area contributed by atoms with E-state index in [0.29, 0.717) is 5.69 Å². The lowest BCUT2D eigenvalue weighted by molar-refractivity contribution is -0.139. The van der Waals surface area contributed by atoms with Gasteiger partial charge in [-0.25, -0.2) is 8.42 Å². The Bertz CT molecular complexity index is 1400. The number of rotatable bonds is 10. The van der Waals surface area contributed by atoms with Crippen molar-refractivity contribution in [2.75, 3.05) is 10.8 Å². The molecule has 1 saturated carbocycles. The first-order chi connectivity index (χ1) is 19.1. The molecule has 40 heavy (non-hydrogen) atoms. The van der Waals surface area contributed by atoms with Crippen molar-refractivity contribution in [3.8, 4) is 0 Å². The summed E-state index contributed by atoms with van der Waals surface area (Å²) < 4.78 is 28.8. The van der Waals surface area contributed by atoms with Gasteiger partial charge >= 0.3 is 0 Å². The van der Waals surface area contributed by atoms with Gasteiger partial charge in [-0.1, -0.05) is 85.0 Å². The third-order valence-electron chi connectivity index (χ3n) is 7.49. The molecule has 1 atom stereocenters. The van der Waals surface area contributed by atoms with E-state index in [9.17, 15) is 18.0 Å². The Hall–Kier alpha value is -3.65. The van der Waals surface area contributed by atoms with E-state index in [4.69, 9.17) is 0 Å². The van der Waals surface area contributed by atoms with Crippen molar-refractivity contribution >= 4 is 27.5 Å². The fraction of sp³-hybridized carbons (Fsp3) is 0.375. The van der Waals surface area contributed by atoms with Crippen LogP contribution in [0, 0.1) is 13.8 Å². The van der Waals surface area contributed by atoms with Crippen LogP contribution in [0.25, 0.3) is 0 Å². The number of anilines is 1. The highest BCUT2D eigenvalue weighted by molar-refractivity contribution is 7.92. The molecule has 8 heteroatoms. The molecule has 0 bridgehead atoms. The zero-order valence-corrected chi connectivity index (χ0v) is 24.4. The highest BCUT2D eigenvalue weighted by atomic mass is 32.2. The van der Waals surface area contributed by atoms with E-state index in [1.165, 1.54) is 11.3 Å². The Morgan fingerprint density at radius 1 is 0.875 bits per heavy atom. The molecule has 212 valence electrons. The third kappa shape index (κ3) is 7.30. The van der Waals surface area contributed by atoms with Crippen molar-refractivity contribution in [3.63, 3.8) is 0 Å². The van der Waals surface area contributed by atoms with Crippen LogP contribution < -0.4 is 9.62 Å². The van der Waals surface area contributed by atoms with Gasteiger partial charge in [-0.15, -0.1) is 0 Å². The minimum atomic E-state index is -4.06. The molecule has 1 aliphatic carbocycles. The summed E-state index contributed by atoms with van der Waals surface area (Å²) in [6.45, 7) is 5.32. The molecule has 1 aliphatic rings. The number of nitrogens with zero attached hydrogens (tertiary/aromatic N) is 2. The molecule has 0 aliphatic heterocycles. The second-order valence-corrected chi connectivity index (χ2v) is 12.6. The third-order valence-corrected chi connectivity index (χ3v) is 9.27. The molecular formula is C32H39N3O4S. The largest absolute Gasteiger partial charge is 0.352 e. The van der Waals surface area contributed by atoms with E-state index < -0.39 is 28.5 Å². The number of aryl methyl sites for hydroxylation is 2. The maximum absolute atomic E-state index is 14.0. The van der Waals surface area contributed by atoms with E-state index >= 15 is 0 Å². The minimum Gasteiger partial charge on any atom is -0.352 e. The van der Waals surface area contributed by atoms with E-state index in [1.54, 1.807) is 61.5 Å². The maximum Gasteiger partial charge on any atom is 0.264 e. The summed E-state index contributed by atoms with van der Waals surface area (Å²) in [5, 5.41) is 3.13. The standard InChI is InChI=1S/C32H39N3O4S/c1-24-17-19-30(20-18-24)40(38,39)35(29-15-8-5-9-16-29)23-31(36)34(22-27-12-10-11-25(2)21-27)26(3)32(37)33-28-13-6-4-7-14-28/h5,8-12,15-21,26,28H,4,6-7,13-14,22-23H2,1-3H3,(H,33,37)/t26-/m0/s1. The Balaban J connectivity index is 1.65. The van der Waals surface area contributed by atoms with Gasteiger partial charge in [0.05, 0.1) is 10.6 Å². The predicted octanol–water partition coefficient (Wildman–Crippen LogP) is 5.36. The number of sulfonamides is 1. The van der Waals surface area contributed by atoms with Gasteiger partial charge < -0.3 is 10.2 Å². The number of hydrogen-bond acceptors (Lipinski definition) is 4. The topological polar surface area (TPSA) is 86.8 Å². The lowest BCUT2D eigenvalue weighted by Gasteiger charge is -2.33. The highest BCUT2D eigenvalue weighted by Gasteiger charge is 2.33. The molecule has 0 saturated heterocycles. The zero-order valence-electron chi connectivity index (χ0n) is 23.5. The molecular weight excluding hydrogens is 522 g/mol. The summed E-state index contributed by atoms with van der Waals surface area (Å²) in [6, 6.07) is 22.3. The van der Waals surface area contributed by atoms with E-state index in [-0.39, 0.29) is 23.4 Å². The molecule has 0 spiro atoms. The summed E-state index contributed by atoms with van der Waals surface area (Å²) in [5.41, 5.74) is 3.23. The molecule has 2 amide bonds. The molecule has 4 rings (SSSR count). The first-order valence-electron chi connectivity index (χ1n) is 13.9. The second kappa shape index (κ2) is 13.1. The minimum absolute atomic E-state index is 0.0994. The Labute approximate surface area is 238 Å². The quantitative estimate of drug-likeness (QED) is 0.361. The number of carbonyl (C=O) groups excluding carboxylic acids is 2. The zero-order chi connectivity index (χ0) is 28.7. The molecule has 0 radical (unpaired) electrons. The molecule has 0 aromatic heterocycles. The van der Waals surface area contributed by atoms with E-state index in [0.717, 1.165) is 46.7 Å². The van der Waals surface area contributed by atoms with Crippen molar-refractivity contribution in [1.82, 2.24) is 10.2 Å². The number of amides is 2. The molecule has 1 N–H and O–H groups in total. The Kier molecular flexibility index (Phi) is 9.63. The van der Waals surface area contributed by atoms with Crippen LogP contribution >= 0.6 is 0 Å². The molecule has 3 aromatic carbocycles. The van der Waals surface area contributed by atoms with Gasteiger partial charge in [0, 0.05) is 12.6 Å². The second-order valence-electron chi connectivity index (χ2n) is 10.7. The fourth-order valence-electron chi connectivity index (χ4n) is 5.12. The summed E-state index contributed by atoms with van der Waals surface area (Å²) in [5.74, 6) is -0.673. The number of hydrogen-bond donors (Lipinski definition) is 1. The summed E-state index contributed by atoms with van der Waals surface area (Å²) in [4.78, 5) is 29.0. The van der Waals surface area contributed by atoms with Gasteiger partial charge in [0.15, 0.2) is 0 Å². The van der Waals surface area contributed by atoms with Crippen LogP contribution in [-0.2, 0) is 26.2 Å². The first-order valence-corrected chi connectivity index (χ1v) is 15.4. The van der Waals surface area contributed by atoms with Crippen molar-refractivity contribution < 1.29 is 18.0 Å². The average molecular weight is 562 g/mol. The van der Waals surface area contributed by atoms with Gasteiger partial charge in [-0.2, -0.15) is 0 Å². The number of nitrogens with one attached hydrogen (secondary N) is 1. The van der Waals surface area contributed by atoms with Crippen molar-refractivity contribution in [2.45, 2.75) is 76.4 Å². The Morgan fingerprint density at radius 2 is 1.55 bits per heavy atom. The van der Waals surface area contributed by atoms with Crippen LogP contribution in [0.15, 0.2) is 83.8 Å². The van der Waals surface area contributed by atoms with Gasteiger partial charge in [-0.05, 0) is 63.4 Å². The summed E-state index contributed by atoms with van der Waals surface area (Å²) in [6.07, 6.45) is 5.19. The number of benzene rings is 3. The van der Waals surface area contributed by atoms with Crippen molar-refractivity contribution in [1.29, 1.82) is 0 Å². The molecule has 0 heterocycles.